The maximum atomic E-state index is 11.5. The lowest BCUT2D eigenvalue weighted by atomic mass is 10.2. The van der Waals surface area contributed by atoms with Gasteiger partial charge in [-0.25, -0.2) is 17.9 Å². The van der Waals surface area contributed by atoms with E-state index in [-0.39, 0.29) is 0 Å². The van der Waals surface area contributed by atoms with Crippen LogP contribution in [0.15, 0.2) is 34.1 Å². The van der Waals surface area contributed by atoms with Crippen LogP contribution in [0.4, 0.5) is 4.79 Å². The largest absolute Gasteiger partial charge is 0.480 e. The van der Waals surface area contributed by atoms with Gasteiger partial charge in [-0.1, -0.05) is 28.1 Å². The monoisotopic (exact) mass is 362 g/mol. The number of hydrogen-bond acceptors (Lipinski definition) is 4. The van der Waals surface area contributed by atoms with Crippen LogP contribution < -0.4 is 10.0 Å². The summed E-state index contributed by atoms with van der Waals surface area (Å²) >= 11 is 3.24. The van der Waals surface area contributed by atoms with E-state index in [0.29, 0.717) is 5.56 Å². The zero-order valence-corrected chi connectivity index (χ0v) is 12.4. The summed E-state index contributed by atoms with van der Waals surface area (Å²) in [6.07, 6.45) is 1.30. The maximum absolute atomic E-state index is 11.5. The zero-order chi connectivity index (χ0) is 15.2. The Morgan fingerprint density at radius 2 is 1.85 bits per heavy atom. The Morgan fingerprint density at radius 1 is 1.25 bits per heavy atom. The van der Waals surface area contributed by atoms with E-state index in [1.165, 1.54) is 6.08 Å². The van der Waals surface area contributed by atoms with Crippen molar-refractivity contribution < 1.29 is 23.1 Å². The van der Waals surface area contributed by atoms with E-state index >= 15 is 0 Å². The molecule has 0 aliphatic rings. The fourth-order valence-electron chi connectivity index (χ4n) is 1.10. The highest BCUT2D eigenvalue weighted by Crippen LogP contribution is 2.11. The molecule has 1 aromatic rings. The molecule has 108 valence electrons. The van der Waals surface area contributed by atoms with Gasteiger partial charge in [-0.05, 0) is 23.8 Å². The molecule has 2 amide bonds. The number of carboxylic acid groups (broad SMARTS) is 1. The van der Waals surface area contributed by atoms with Gasteiger partial charge in [0.25, 0.3) is 10.0 Å². The predicted molar refractivity (Wildman–Crippen MR) is 76.3 cm³/mol. The Hall–Kier alpha value is -1.87. The molecule has 0 aromatic heterocycles. The molecule has 0 heterocycles. The molecule has 0 radical (unpaired) electrons. The van der Waals surface area contributed by atoms with E-state index in [0.717, 1.165) is 9.88 Å². The first-order valence-electron chi connectivity index (χ1n) is 5.24. The summed E-state index contributed by atoms with van der Waals surface area (Å²) in [5.74, 6) is -1.28. The quantitative estimate of drug-likeness (QED) is 0.726. The molecule has 0 spiro atoms. The number of carboxylic acids is 1. The number of benzene rings is 1. The van der Waals surface area contributed by atoms with Crippen molar-refractivity contribution in [2.75, 3.05) is 6.54 Å². The molecule has 0 aliphatic carbocycles. The average Bonchev–Trinajstić information content (AvgIpc) is 2.35. The first kappa shape index (κ1) is 16.2. The minimum Gasteiger partial charge on any atom is -0.480 e. The molecular weight excluding hydrogens is 352 g/mol. The number of carbonyl (C=O) groups excluding carboxylic acids is 1. The van der Waals surface area contributed by atoms with E-state index in [2.05, 4.69) is 15.9 Å². The molecule has 20 heavy (non-hydrogen) atoms. The van der Waals surface area contributed by atoms with Crippen molar-refractivity contribution in [3.63, 3.8) is 0 Å². The molecule has 0 saturated carbocycles. The molecule has 0 atom stereocenters. The minimum atomic E-state index is -3.98. The molecule has 0 bridgehead atoms. The van der Waals surface area contributed by atoms with Crippen molar-refractivity contribution in [3.8, 4) is 0 Å². The molecule has 1 aromatic carbocycles. The van der Waals surface area contributed by atoms with Crippen LogP contribution in [0.3, 0.4) is 0 Å². The number of nitrogens with one attached hydrogen (secondary N) is 2. The molecule has 0 unspecified atom stereocenters. The van der Waals surface area contributed by atoms with Gasteiger partial charge >= 0.3 is 12.0 Å². The van der Waals surface area contributed by atoms with Crippen molar-refractivity contribution in [2.45, 2.75) is 0 Å². The summed E-state index contributed by atoms with van der Waals surface area (Å²) in [4.78, 5) is 21.3. The standard InChI is InChI=1S/C11H11BrN2O5S/c12-9-3-1-8(2-4-9)5-6-20(18,19)14-11(17)13-7-10(15)16/h1-6H,7H2,(H,15,16)(H2,13,14,17)/b6-5+. The Kier molecular flexibility index (Phi) is 5.71. The van der Waals surface area contributed by atoms with E-state index in [9.17, 15) is 18.0 Å². The molecule has 0 fully saturated rings. The van der Waals surface area contributed by atoms with Crippen molar-refractivity contribution in [3.05, 3.63) is 39.7 Å². The number of sulfonamides is 1. The number of hydrogen-bond donors (Lipinski definition) is 3. The summed E-state index contributed by atoms with van der Waals surface area (Å²) in [6.45, 7) is -0.669. The molecule has 7 nitrogen and oxygen atoms in total. The second kappa shape index (κ2) is 7.06. The van der Waals surface area contributed by atoms with Crippen molar-refractivity contribution in [2.24, 2.45) is 0 Å². The van der Waals surface area contributed by atoms with Crippen LogP contribution in [0.2, 0.25) is 0 Å². The van der Waals surface area contributed by atoms with Gasteiger partial charge in [-0.2, -0.15) is 0 Å². The van der Waals surface area contributed by atoms with Crippen LogP contribution in [-0.4, -0.2) is 32.1 Å². The summed E-state index contributed by atoms with van der Waals surface area (Å²) in [7, 11) is -3.98. The van der Waals surface area contributed by atoms with Gasteiger partial charge in [-0.15, -0.1) is 0 Å². The van der Waals surface area contributed by atoms with E-state index in [1.54, 1.807) is 29.0 Å². The summed E-state index contributed by atoms with van der Waals surface area (Å²) in [6, 6.07) is 5.73. The topological polar surface area (TPSA) is 113 Å². The summed E-state index contributed by atoms with van der Waals surface area (Å²) < 4.78 is 25.5. The van der Waals surface area contributed by atoms with Gasteiger partial charge in [-0.3, -0.25) is 4.79 Å². The highest BCUT2D eigenvalue weighted by molar-refractivity contribution is 9.10. The molecular formula is C11H11BrN2O5S. The van der Waals surface area contributed by atoms with Gasteiger partial charge < -0.3 is 10.4 Å². The van der Waals surface area contributed by atoms with Crippen LogP contribution in [0.25, 0.3) is 6.08 Å². The Morgan fingerprint density at radius 3 is 2.40 bits per heavy atom. The lowest BCUT2D eigenvalue weighted by molar-refractivity contribution is -0.135. The highest BCUT2D eigenvalue weighted by atomic mass is 79.9. The second-order valence-electron chi connectivity index (χ2n) is 3.58. The van der Waals surface area contributed by atoms with E-state index in [4.69, 9.17) is 5.11 Å². The van der Waals surface area contributed by atoms with Crippen LogP contribution in [0.1, 0.15) is 5.56 Å². The number of urea groups is 1. The molecule has 0 aliphatic heterocycles. The SMILES string of the molecule is O=C(O)CNC(=O)NS(=O)(=O)/C=C/c1ccc(Br)cc1. The fraction of sp³-hybridized carbons (Fsp3) is 0.0909. The predicted octanol–water partition coefficient (Wildman–Crippen LogP) is 1.13. The van der Waals surface area contributed by atoms with Gasteiger partial charge in [0.05, 0.1) is 5.41 Å². The first-order chi connectivity index (χ1) is 9.28. The number of rotatable bonds is 5. The third-order valence-corrected chi connectivity index (χ3v) is 3.44. The third-order valence-electron chi connectivity index (χ3n) is 1.94. The normalized spacial score (nSPS) is 11.2. The number of halogens is 1. The molecule has 9 heteroatoms. The van der Waals surface area contributed by atoms with Gasteiger partial charge in [0.1, 0.15) is 6.54 Å². The first-order valence-corrected chi connectivity index (χ1v) is 7.58. The smallest absolute Gasteiger partial charge is 0.329 e. The van der Waals surface area contributed by atoms with Crippen molar-refractivity contribution in [1.29, 1.82) is 0 Å². The zero-order valence-electron chi connectivity index (χ0n) is 10.0. The van der Waals surface area contributed by atoms with E-state index < -0.39 is 28.6 Å². The van der Waals surface area contributed by atoms with Crippen LogP contribution in [0, 0.1) is 0 Å². The highest BCUT2D eigenvalue weighted by Gasteiger charge is 2.11. The van der Waals surface area contributed by atoms with E-state index in [1.807, 2.05) is 5.32 Å². The van der Waals surface area contributed by atoms with Crippen LogP contribution in [-0.2, 0) is 14.8 Å². The Balaban J connectivity index is 2.63. The summed E-state index contributed by atoms with van der Waals surface area (Å²) in [5.41, 5.74) is 0.629. The molecule has 0 saturated heterocycles. The molecule has 1 rings (SSSR count). The third kappa shape index (κ3) is 6.34. The fourth-order valence-corrected chi connectivity index (χ4v) is 2.10. The van der Waals surface area contributed by atoms with Crippen molar-refractivity contribution >= 4 is 44.0 Å². The van der Waals surface area contributed by atoms with Gasteiger partial charge in [0.2, 0.25) is 0 Å². The average molecular weight is 363 g/mol. The lowest BCUT2D eigenvalue weighted by Gasteiger charge is -2.03. The number of carbonyl (C=O) groups is 2. The van der Waals surface area contributed by atoms with Crippen molar-refractivity contribution in [1.82, 2.24) is 10.0 Å². The lowest BCUT2D eigenvalue weighted by Crippen LogP contribution is -2.40. The molecule has 3 N–H and O–H groups in total. The minimum absolute atomic E-state index is 0.629. The van der Waals surface area contributed by atoms with Gasteiger partial charge in [0.15, 0.2) is 0 Å². The van der Waals surface area contributed by atoms with Crippen LogP contribution in [0.5, 0.6) is 0 Å². The second-order valence-corrected chi connectivity index (χ2v) is 6.06. The Labute approximate surface area is 123 Å². The maximum Gasteiger partial charge on any atom is 0.329 e. The number of amides is 2. The Bertz CT molecular complexity index is 625. The van der Waals surface area contributed by atoms with Gasteiger partial charge in [0, 0.05) is 4.47 Å². The number of aliphatic carboxylic acids is 1. The summed E-state index contributed by atoms with van der Waals surface area (Å²) in [5, 5.41) is 11.0. The van der Waals surface area contributed by atoms with Crippen LogP contribution >= 0.6 is 15.9 Å².